The molecule has 36 heavy (non-hydrogen) atoms. The highest BCUT2D eigenvalue weighted by Crippen LogP contribution is 2.59. The molecule has 3 atom stereocenters. The molecule has 1 fully saturated rings. The number of anilines is 1. The van der Waals surface area contributed by atoms with E-state index >= 15 is 0 Å². The molecule has 0 radical (unpaired) electrons. The Morgan fingerprint density at radius 1 is 0.972 bits per heavy atom. The van der Waals surface area contributed by atoms with Crippen LogP contribution in [-0.4, -0.2) is 24.5 Å². The molecule has 0 aromatic heterocycles. The average Bonchev–Trinajstić information content (AvgIpc) is 3.09. The van der Waals surface area contributed by atoms with Crippen molar-refractivity contribution in [2.75, 3.05) is 11.5 Å². The third-order valence-corrected chi connectivity index (χ3v) is 7.53. The van der Waals surface area contributed by atoms with Crippen LogP contribution in [0, 0.1) is 0 Å². The van der Waals surface area contributed by atoms with Crippen molar-refractivity contribution < 1.29 is 19.1 Å². The van der Waals surface area contributed by atoms with E-state index in [1.807, 2.05) is 6.07 Å². The van der Waals surface area contributed by atoms with Crippen molar-refractivity contribution in [3.05, 3.63) is 98.5 Å². The predicted octanol–water partition coefficient (Wildman–Crippen LogP) is 6.43. The molecular formula is C27H21Cl3N2O4. The maximum atomic E-state index is 14.6. The molecule has 9 heteroatoms. The van der Waals surface area contributed by atoms with Gasteiger partial charge in [0.1, 0.15) is 5.41 Å². The molecule has 0 aliphatic carbocycles. The fourth-order valence-electron chi connectivity index (χ4n) is 5.42. The van der Waals surface area contributed by atoms with Gasteiger partial charge in [0, 0.05) is 27.4 Å². The van der Waals surface area contributed by atoms with Gasteiger partial charge in [-0.05, 0) is 60.0 Å². The van der Waals surface area contributed by atoms with Crippen LogP contribution in [0.2, 0.25) is 15.1 Å². The van der Waals surface area contributed by atoms with Crippen LogP contribution in [0.3, 0.4) is 0 Å². The molecule has 2 aliphatic heterocycles. The van der Waals surface area contributed by atoms with Gasteiger partial charge < -0.3 is 10.1 Å². The normalized spacial score (nSPS) is 22.9. The van der Waals surface area contributed by atoms with Crippen molar-refractivity contribution in [1.82, 2.24) is 5.32 Å². The van der Waals surface area contributed by atoms with Gasteiger partial charge in [0.25, 0.3) is 0 Å². The number of carbonyl (C=O) groups is 3. The van der Waals surface area contributed by atoms with Gasteiger partial charge in [-0.15, -0.1) is 0 Å². The summed E-state index contributed by atoms with van der Waals surface area (Å²) in [5.41, 5.74) is 0.873. The largest absolute Gasteiger partial charge is 0.449 e. The Hall–Kier alpha value is -3.06. The number of piperidine rings is 1. The molecule has 2 aliphatic rings. The number of imide groups is 1. The van der Waals surface area contributed by atoms with E-state index in [4.69, 9.17) is 39.5 Å². The first-order valence-electron chi connectivity index (χ1n) is 11.4. The Kier molecular flexibility index (Phi) is 6.45. The number of hydrogen-bond acceptors (Lipinski definition) is 4. The maximum Gasteiger partial charge on any atom is 0.421 e. The summed E-state index contributed by atoms with van der Waals surface area (Å²) in [5.74, 6) is -1.39. The number of nitrogens with one attached hydrogen (secondary N) is 1. The lowest BCUT2D eigenvalue weighted by Crippen LogP contribution is -2.58. The number of ether oxygens (including phenoxy) is 1. The molecule has 1 spiro atoms. The van der Waals surface area contributed by atoms with Crippen LogP contribution in [0.4, 0.5) is 10.5 Å². The molecule has 3 aromatic carbocycles. The summed E-state index contributed by atoms with van der Waals surface area (Å²) in [6.07, 6.45) is -0.797. The van der Waals surface area contributed by atoms with Crippen molar-refractivity contribution in [1.29, 1.82) is 0 Å². The zero-order valence-electron chi connectivity index (χ0n) is 19.1. The van der Waals surface area contributed by atoms with Gasteiger partial charge in [-0.2, -0.15) is 0 Å². The van der Waals surface area contributed by atoms with Crippen molar-refractivity contribution in [2.45, 2.75) is 30.7 Å². The van der Waals surface area contributed by atoms with E-state index in [1.165, 1.54) is 0 Å². The zero-order chi connectivity index (χ0) is 25.6. The number of rotatable bonds is 3. The third kappa shape index (κ3) is 3.84. The molecule has 3 aromatic rings. The van der Waals surface area contributed by atoms with Crippen LogP contribution in [0.25, 0.3) is 0 Å². The summed E-state index contributed by atoms with van der Waals surface area (Å²) >= 11 is 18.8. The Morgan fingerprint density at radius 2 is 1.67 bits per heavy atom. The van der Waals surface area contributed by atoms with Gasteiger partial charge in [0.05, 0.1) is 18.3 Å². The quantitative estimate of drug-likeness (QED) is 0.413. The fourth-order valence-corrected chi connectivity index (χ4v) is 5.91. The number of benzene rings is 3. The Labute approximate surface area is 223 Å². The Balaban J connectivity index is 1.83. The molecule has 184 valence electrons. The molecule has 2 unspecified atom stereocenters. The topological polar surface area (TPSA) is 75.7 Å². The summed E-state index contributed by atoms with van der Waals surface area (Å²) in [5, 5.41) is 4.37. The van der Waals surface area contributed by atoms with Gasteiger partial charge in [-0.3, -0.25) is 9.59 Å². The molecule has 0 saturated carbocycles. The lowest BCUT2D eigenvalue weighted by molar-refractivity contribution is -0.132. The smallest absolute Gasteiger partial charge is 0.421 e. The summed E-state index contributed by atoms with van der Waals surface area (Å²) in [7, 11) is 0. The van der Waals surface area contributed by atoms with E-state index in [-0.39, 0.29) is 18.9 Å². The van der Waals surface area contributed by atoms with Crippen molar-refractivity contribution in [2.24, 2.45) is 0 Å². The maximum absolute atomic E-state index is 14.6. The third-order valence-electron chi connectivity index (χ3n) is 6.81. The number of carbonyl (C=O) groups excluding carboxylic acids is 3. The highest BCUT2D eigenvalue weighted by Gasteiger charge is 2.64. The standard InChI is InChI=1S/C27H21Cl3N2O4/c1-2-36-26(35)32-22-13-19(30)10-11-20(22)27(25(32)34)21(16-4-3-5-18(29)12-16)14-23(33)31-24(27)15-6-8-17(28)9-7-15/h3-13,21,24H,2,14H2,1H3,(H,31,33)/t21-,24?,27?/m0/s1. The van der Waals surface area contributed by atoms with E-state index < -0.39 is 29.4 Å². The lowest BCUT2D eigenvalue weighted by atomic mass is 9.59. The highest BCUT2D eigenvalue weighted by atomic mass is 35.5. The van der Waals surface area contributed by atoms with Gasteiger partial charge >= 0.3 is 6.09 Å². The molecular weight excluding hydrogens is 523 g/mol. The van der Waals surface area contributed by atoms with Crippen molar-refractivity contribution in [3.63, 3.8) is 0 Å². The summed E-state index contributed by atoms with van der Waals surface area (Å²) in [4.78, 5) is 41.8. The first-order chi connectivity index (χ1) is 17.3. The van der Waals surface area contributed by atoms with Crippen LogP contribution in [0.15, 0.2) is 66.7 Å². The van der Waals surface area contributed by atoms with E-state index in [0.29, 0.717) is 37.4 Å². The summed E-state index contributed by atoms with van der Waals surface area (Å²) in [6, 6.07) is 18.2. The second-order valence-corrected chi connectivity index (χ2v) is 10.0. The molecule has 5 rings (SSSR count). The average molecular weight is 544 g/mol. The fraction of sp³-hybridized carbons (Fsp3) is 0.222. The van der Waals surface area contributed by atoms with Gasteiger partial charge in [0.15, 0.2) is 0 Å². The lowest BCUT2D eigenvalue weighted by Gasteiger charge is -2.46. The van der Waals surface area contributed by atoms with E-state index in [1.54, 1.807) is 67.6 Å². The summed E-state index contributed by atoms with van der Waals surface area (Å²) in [6.45, 7) is 1.75. The predicted molar refractivity (Wildman–Crippen MR) is 139 cm³/mol. The molecule has 1 N–H and O–H groups in total. The van der Waals surface area contributed by atoms with Crippen LogP contribution >= 0.6 is 34.8 Å². The van der Waals surface area contributed by atoms with Crippen LogP contribution in [0.1, 0.15) is 42.0 Å². The number of hydrogen-bond donors (Lipinski definition) is 1. The highest BCUT2D eigenvalue weighted by molar-refractivity contribution is 6.32. The SMILES string of the molecule is CCOC(=O)N1C(=O)C2(c3ccc(Cl)cc31)C(c1ccc(Cl)cc1)NC(=O)C[C@H]2c1cccc(Cl)c1. The first-order valence-corrected chi connectivity index (χ1v) is 12.5. The Morgan fingerprint density at radius 3 is 2.36 bits per heavy atom. The number of halogens is 3. The van der Waals surface area contributed by atoms with Crippen molar-refractivity contribution in [3.8, 4) is 0 Å². The Bertz CT molecular complexity index is 1380. The van der Waals surface area contributed by atoms with E-state index in [2.05, 4.69) is 5.32 Å². The second-order valence-electron chi connectivity index (χ2n) is 8.73. The molecule has 6 nitrogen and oxygen atoms in total. The minimum atomic E-state index is -1.39. The van der Waals surface area contributed by atoms with Gasteiger partial charge in [-0.1, -0.05) is 65.1 Å². The number of nitrogens with zero attached hydrogens (tertiary/aromatic N) is 1. The summed E-state index contributed by atoms with van der Waals surface area (Å²) < 4.78 is 5.26. The second kappa shape index (κ2) is 9.43. The molecule has 3 amide bonds. The molecule has 1 saturated heterocycles. The van der Waals surface area contributed by atoms with Crippen LogP contribution < -0.4 is 10.2 Å². The van der Waals surface area contributed by atoms with Crippen LogP contribution in [-0.2, 0) is 19.7 Å². The van der Waals surface area contributed by atoms with E-state index in [0.717, 1.165) is 4.90 Å². The van der Waals surface area contributed by atoms with Gasteiger partial charge in [-0.25, -0.2) is 9.69 Å². The molecule has 2 heterocycles. The van der Waals surface area contributed by atoms with E-state index in [9.17, 15) is 14.4 Å². The first kappa shape index (κ1) is 24.6. The van der Waals surface area contributed by atoms with Crippen LogP contribution in [0.5, 0.6) is 0 Å². The minimum Gasteiger partial charge on any atom is -0.449 e. The van der Waals surface area contributed by atoms with Gasteiger partial charge in [0.2, 0.25) is 11.8 Å². The monoisotopic (exact) mass is 542 g/mol. The number of fused-ring (bicyclic) bond motifs is 2. The number of amides is 3. The molecule has 0 bridgehead atoms. The van der Waals surface area contributed by atoms with Crippen molar-refractivity contribution >= 4 is 58.4 Å². The zero-order valence-corrected chi connectivity index (χ0v) is 21.4. The minimum absolute atomic E-state index is 0.00883.